The molecule has 0 aliphatic rings. The molecule has 1 N–H and O–H groups in total. The zero-order valence-electron chi connectivity index (χ0n) is 21.9. The number of aliphatic carboxylic acids is 1. The number of ether oxygens (including phenoxy) is 4. The summed E-state index contributed by atoms with van der Waals surface area (Å²) in [7, 11) is 0. The Kier molecular flexibility index (Phi) is 11.8. The van der Waals surface area contributed by atoms with Crippen molar-refractivity contribution in [3.05, 3.63) is 95.3 Å². The van der Waals surface area contributed by atoms with E-state index in [1.54, 1.807) is 43.3 Å². The van der Waals surface area contributed by atoms with Crippen molar-refractivity contribution in [3.63, 3.8) is 0 Å². The molecule has 40 heavy (non-hydrogen) atoms. The van der Waals surface area contributed by atoms with Crippen LogP contribution in [0.5, 0.6) is 11.5 Å². The van der Waals surface area contributed by atoms with Gasteiger partial charge >= 0.3 is 12.1 Å². The second-order valence-corrected chi connectivity index (χ2v) is 8.59. The first-order chi connectivity index (χ1) is 19.2. The molecule has 11 heteroatoms. The van der Waals surface area contributed by atoms with Gasteiger partial charge in [-0.15, -0.1) is 0 Å². The van der Waals surface area contributed by atoms with E-state index >= 15 is 0 Å². The van der Waals surface area contributed by atoms with Crippen LogP contribution in [-0.4, -0.2) is 61.1 Å². The molecule has 1 unspecified atom stereocenters. The molecule has 214 valence electrons. The van der Waals surface area contributed by atoms with Gasteiger partial charge in [-0.3, -0.25) is 0 Å². The average Bonchev–Trinajstić information content (AvgIpc) is 2.93. The summed E-state index contributed by atoms with van der Waals surface area (Å²) < 4.78 is 61.6. The largest absolute Gasteiger partial charge is 0.492 e. The van der Waals surface area contributed by atoms with Gasteiger partial charge in [0.25, 0.3) is 0 Å². The number of carbonyl (C=O) groups is 2. The second kappa shape index (κ2) is 15.5. The lowest BCUT2D eigenvalue weighted by molar-refractivity contribution is -0.149. The van der Waals surface area contributed by atoms with Crippen molar-refractivity contribution in [3.8, 4) is 11.5 Å². The Morgan fingerprint density at radius 3 is 2.15 bits per heavy atom. The summed E-state index contributed by atoms with van der Waals surface area (Å²) in [5.41, 5.74) is 1.50. The number of rotatable bonds is 15. The van der Waals surface area contributed by atoms with Crippen LogP contribution in [0.4, 0.5) is 18.0 Å². The van der Waals surface area contributed by atoms with Gasteiger partial charge in [-0.1, -0.05) is 24.3 Å². The molecule has 8 nitrogen and oxygen atoms in total. The minimum absolute atomic E-state index is 0.0703. The van der Waals surface area contributed by atoms with Crippen LogP contribution in [0, 0.1) is 17.5 Å². The molecule has 0 spiro atoms. The van der Waals surface area contributed by atoms with E-state index in [0.29, 0.717) is 5.75 Å². The third kappa shape index (κ3) is 9.90. The molecule has 0 saturated heterocycles. The van der Waals surface area contributed by atoms with E-state index in [2.05, 4.69) is 0 Å². The number of benzene rings is 3. The number of hydrogen-bond acceptors (Lipinski definition) is 6. The topological polar surface area (TPSA) is 94.5 Å². The quantitative estimate of drug-likeness (QED) is 0.254. The van der Waals surface area contributed by atoms with Crippen molar-refractivity contribution in [2.24, 2.45) is 0 Å². The van der Waals surface area contributed by atoms with Gasteiger partial charge in [0.05, 0.1) is 19.8 Å². The number of carboxylic acids is 1. The van der Waals surface area contributed by atoms with Crippen LogP contribution in [0.3, 0.4) is 0 Å². The average molecular weight is 562 g/mol. The maximum absolute atomic E-state index is 13.6. The molecule has 0 aliphatic carbocycles. The Hall–Kier alpha value is -4.09. The number of carboxylic acid groups (broad SMARTS) is 1. The van der Waals surface area contributed by atoms with E-state index in [1.165, 1.54) is 17.0 Å². The van der Waals surface area contributed by atoms with Crippen molar-refractivity contribution >= 4 is 12.1 Å². The van der Waals surface area contributed by atoms with Crippen LogP contribution in [0.25, 0.3) is 0 Å². The SMILES string of the molecule is CCOC(Cc1ccc(OCCN(CCOCc2ccc(F)cc2)C(=O)Oc2ccc(F)c(F)c2)cc1)C(=O)O. The zero-order valence-corrected chi connectivity index (χ0v) is 21.9. The number of amides is 1. The number of carbonyl (C=O) groups excluding carboxylic acids is 1. The highest BCUT2D eigenvalue weighted by atomic mass is 19.2. The monoisotopic (exact) mass is 561 g/mol. The van der Waals surface area contributed by atoms with Crippen LogP contribution in [-0.2, 0) is 27.3 Å². The van der Waals surface area contributed by atoms with Gasteiger partial charge in [0.1, 0.15) is 23.9 Å². The van der Waals surface area contributed by atoms with Crippen LogP contribution in [0.15, 0.2) is 66.7 Å². The molecule has 3 aromatic carbocycles. The minimum Gasteiger partial charge on any atom is -0.492 e. The highest BCUT2D eigenvalue weighted by Crippen LogP contribution is 2.17. The Labute approximate surface area is 229 Å². The van der Waals surface area contributed by atoms with Crippen LogP contribution < -0.4 is 9.47 Å². The zero-order chi connectivity index (χ0) is 28.9. The summed E-state index contributed by atoms with van der Waals surface area (Å²) in [6.45, 7) is 2.56. The molecular formula is C29H30F3NO7. The molecule has 3 aromatic rings. The van der Waals surface area contributed by atoms with E-state index in [0.717, 1.165) is 29.3 Å². The van der Waals surface area contributed by atoms with Gasteiger partial charge in [-0.05, 0) is 54.4 Å². The Morgan fingerprint density at radius 1 is 0.850 bits per heavy atom. The summed E-state index contributed by atoms with van der Waals surface area (Å²) >= 11 is 0. The van der Waals surface area contributed by atoms with Gasteiger partial charge in [0, 0.05) is 25.6 Å². The molecule has 1 atom stereocenters. The van der Waals surface area contributed by atoms with E-state index in [9.17, 15) is 27.9 Å². The number of nitrogens with zero attached hydrogens (tertiary/aromatic N) is 1. The smallest absolute Gasteiger partial charge is 0.415 e. The van der Waals surface area contributed by atoms with Gasteiger partial charge < -0.3 is 29.0 Å². The molecule has 0 fully saturated rings. The van der Waals surface area contributed by atoms with E-state index in [4.69, 9.17) is 18.9 Å². The first-order valence-electron chi connectivity index (χ1n) is 12.5. The molecule has 0 saturated carbocycles. The predicted octanol–water partition coefficient (Wildman–Crippen LogP) is 5.23. The minimum atomic E-state index is -1.15. The summed E-state index contributed by atoms with van der Waals surface area (Å²) in [5, 5.41) is 9.25. The standard InChI is InChI=1S/C29H30F3NO7/c1-2-38-27(28(34)35)17-20-5-9-23(10-6-20)39-16-14-33(13-15-37-19-21-3-7-22(30)8-4-21)29(36)40-24-11-12-25(31)26(32)18-24/h3-12,18,27H,2,13-17,19H2,1H3,(H,34,35). The van der Waals surface area contributed by atoms with Crippen LogP contribution in [0.2, 0.25) is 0 Å². The Morgan fingerprint density at radius 2 is 1.50 bits per heavy atom. The number of hydrogen-bond donors (Lipinski definition) is 1. The highest BCUT2D eigenvalue weighted by Gasteiger charge is 2.19. The third-order valence-electron chi connectivity index (χ3n) is 5.66. The van der Waals surface area contributed by atoms with Crippen LogP contribution >= 0.6 is 0 Å². The van der Waals surface area contributed by atoms with Gasteiger partial charge in [0.15, 0.2) is 17.7 Å². The van der Waals surface area contributed by atoms with Gasteiger partial charge in [-0.2, -0.15) is 0 Å². The Balaban J connectivity index is 1.55. The van der Waals surface area contributed by atoms with E-state index in [1.807, 2.05) is 0 Å². The van der Waals surface area contributed by atoms with Gasteiger partial charge in [-0.25, -0.2) is 22.8 Å². The normalized spacial score (nSPS) is 11.6. The molecule has 0 radical (unpaired) electrons. The van der Waals surface area contributed by atoms with Crippen molar-refractivity contribution in [1.29, 1.82) is 0 Å². The van der Waals surface area contributed by atoms with E-state index < -0.39 is 29.8 Å². The van der Waals surface area contributed by atoms with E-state index in [-0.39, 0.29) is 57.5 Å². The third-order valence-corrected chi connectivity index (χ3v) is 5.66. The summed E-state index contributed by atoms with van der Waals surface area (Å²) in [5.74, 6) is -3.29. The predicted molar refractivity (Wildman–Crippen MR) is 139 cm³/mol. The lowest BCUT2D eigenvalue weighted by Gasteiger charge is -2.22. The molecule has 1 amide bonds. The fourth-order valence-corrected chi connectivity index (χ4v) is 3.57. The first-order valence-corrected chi connectivity index (χ1v) is 12.5. The molecule has 0 heterocycles. The van der Waals surface area contributed by atoms with Crippen molar-refractivity contribution in [1.82, 2.24) is 4.90 Å². The summed E-state index contributed by atoms with van der Waals surface area (Å²) in [6, 6.07) is 15.4. The highest BCUT2D eigenvalue weighted by molar-refractivity contribution is 5.72. The number of halogens is 3. The summed E-state index contributed by atoms with van der Waals surface area (Å²) in [6.07, 6.45) is -1.56. The van der Waals surface area contributed by atoms with Crippen LogP contribution in [0.1, 0.15) is 18.1 Å². The fraction of sp³-hybridized carbons (Fsp3) is 0.310. The molecule has 0 aliphatic heterocycles. The van der Waals surface area contributed by atoms with Crippen molar-refractivity contribution in [2.75, 3.05) is 32.9 Å². The first kappa shape index (κ1) is 30.5. The molecule has 0 aromatic heterocycles. The van der Waals surface area contributed by atoms with Crippen molar-refractivity contribution in [2.45, 2.75) is 26.1 Å². The maximum Gasteiger partial charge on any atom is 0.415 e. The molecule has 0 bridgehead atoms. The lowest BCUT2D eigenvalue weighted by atomic mass is 10.1. The van der Waals surface area contributed by atoms with Gasteiger partial charge in [0.2, 0.25) is 0 Å². The molecular weight excluding hydrogens is 531 g/mol. The maximum atomic E-state index is 13.6. The lowest BCUT2D eigenvalue weighted by Crippen LogP contribution is -2.39. The fourth-order valence-electron chi connectivity index (χ4n) is 3.57. The Bertz CT molecular complexity index is 1240. The molecule has 3 rings (SSSR count). The summed E-state index contributed by atoms with van der Waals surface area (Å²) in [4.78, 5) is 25.4. The second-order valence-electron chi connectivity index (χ2n) is 8.59. The van der Waals surface area contributed by atoms with Crippen molar-refractivity contribution < 1.29 is 46.8 Å².